The Morgan fingerprint density at radius 2 is 1.32 bits per heavy atom. The predicted octanol–water partition coefficient (Wildman–Crippen LogP) is 5.77. The van der Waals surface area contributed by atoms with E-state index in [1.54, 1.807) is 0 Å². The Balaban J connectivity index is 1.78. The van der Waals surface area contributed by atoms with E-state index >= 15 is 0 Å². The summed E-state index contributed by atoms with van der Waals surface area (Å²) in [5.41, 5.74) is 5.37. The quantitative estimate of drug-likeness (QED) is 0.501. The summed E-state index contributed by atoms with van der Waals surface area (Å²) in [6.07, 6.45) is 8.10. The molecule has 0 saturated carbocycles. The van der Waals surface area contributed by atoms with Gasteiger partial charge in [0.1, 0.15) is 0 Å². The van der Waals surface area contributed by atoms with Gasteiger partial charge in [-0.05, 0) is 54.6 Å². The molecule has 0 spiro atoms. The standard InChI is InChI=1S/C26H37NO/c1-3-5-11-17-27(18-12-6-4-2)20-25(28)26-23-15-9-7-13-21(23)19-22-14-8-10-16-24(22)26/h7-10,13-16,25-26,28H,3-6,11-12,17-20H2,1-2H3/t25-/m1/s1. The van der Waals surface area contributed by atoms with Crippen LogP contribution in [0.3, 0.4) is 0 Å². The lowest BCUT2D eigenvalue weighted by Gasteiger charge is -2.34. The number of hydrogen-bond acceptors (Lipinski definition) is 2. The van der Waals surface area contributed by atoms with Gasteiger partial charge in [0, 0.05) is 12.5 Å². The first-order valence-electron chi connectivity index (χ1n) is 11.3. The van der Waals surface area contributed by atoms with Crippen molar-refractivity contribution in [2.75, 3.05) is 19.6 Å². The van der Waals surface area contributed by atoms with Crippen LogP contribution in [0.2, 0.25) is 0 Å². The zero-order valence-electron chi connectivity index (χ0n) is 17.7. The molecule has 28 heavy (non-hydrogen) atoms. The molecule has 0 unspecified atom stereocenters. The highest BCUT2D eigenvalue weighted by Crippen LogP contribution is 2.38. The molecular formula is C26H37NO. The number of unbranched alkanes of at least 4 members (excludes halogenated alkanes) is 4. The van der Waals surface area contributed by atoms with E-state index in [-0.39, 0.29) is 12.0 Å². The summed E-state index contributed by atoms with van der Waals surface area (Å²) in [6.45, 7) is 7.48. The number of rotatable bonds is 11. The van der Waals surface area contributed by atoms with E-state index in [1.807, 2.05) is 0 Å². The van der Waals surface area contributed by atoms with Crippen molar-refractivity contribution >= 4 is 0 Å². The first-order chi connectivity index (χ1) is 13.7. The van der Waals surface area contributed by atoms with Gasteiger partial charge < -0.3 is 10.0 Å². The second kappa shape index (κ2) is 10.8. The van der Waals surface area contributed by atoms with E-state index in [2.05, 4.69) is 67.3 Å². The molecule has 0 aliphatic heterocycles. The Morgan fingerprint density at radius 3 is 1.82 bits per heavy atom. The van der Waals surface area contributed by atoms with Crippen molar-refractivity contribution in [3.8, 4) is 0 Å². The summed E-state index contributed by atoms with van der Waals surface area (Å²) in [5, 5.41) is 11.4. The first kappa shape index (κ1) is 21.1. The second-order valence-corrected chi connectivity index (χ2v) is 8.33. The SMILES string of the molecule is CCCCCN(CCCCC)C[C@@H](O)C1c2ccccc2Cc2ccccc21. The minimum atomic E-state index is -0.370. The van der Waals surface area contributed by atoms with Gasteiger partial charge in [-0.25, -0.2) is 0 Å². The van der Waals surface area contributed by atoms with Crippen LogP contribution in [0.25, 0.3) is 0 Å². The van der Waals surface area contributed by atoms with Crippen LogP contribution < -0.4 is 0 Å². The minimum Gasteiger partial charge on any atom is -0.391 e. The highest BCUT2D eigenvalue weighted by molar-refractivity contribution is 5.49. The maximum absolute atomic E-state index is 11.4. The van der Waals surface area contributed by atoms with Crippen molar-refractivity contribution < 1.29 is 5.11 Å². The van der Waals surface area contributed by atoms with Crippen LogP contribution in [0.5, 0.6) is 0 Å². The van der Waals surface area contributed by atoms with Gasteiger partial charge in [-0.2, -0.15) is 0 Å². The summed E-state index contributed by atoms with van der Waals surface area (Å²) < 4.78 is 0. The Kier molecular flexibility index (Phi) is 8.12. The second-order valence-electron chi connectivity index (χ2n) is 8.33. The molecule has 2 aromatic rings. The highest BCUT2D eigenvalue weighted by atomic mass is 16.3. The number of aliphatic hydroxyl groups is 1. The molecule has 2 heteroatoms. The van der Waals surface area contributed by atoms with Crippen LogP contribution in [0, 0.1) is 0 Å². The normalized spacial score (nSPS) is 14.7. The lowest BCUT2D eigenvalue weighted by atomic mass is 9.75. The van der Waals surface area contributed by atoms with Gasteiger partial charge in [-0.3, -0.25) is 0 Å². The maximum Gasteiger partial charge on any atom is 0.0776 e. The minimum absolute atomic E-state index is 0.0843. The third-order valence-electron chi connectivity index (χ3n) is 6.15. The van der Waals surface area contributed by atoms with Crippen LogP contribution in [-0.4, -0.2) is 35.7 Å². The zero-order valence-corrected chi connectivity index (χ0v) is 17.7. The van der Waals surface area contributed by atoms with Gasteiger partial charge in [0.2, 0.25) is 0 Å². The number of hydrogen-bond donors (Lipinski definition) is 1. The number of nitrogens with zero attached hydrogens (tertiary/aromatic N) is 1. The van der Waals surface area contributed by atoms with Gasteiger partial charge in [0.15, 0.2) is 0 Å². The van der Waals surface area contributed by atoms with Crippen LogP contribution in [0.15, 0.2) is 48.5 Å². The largest absolute Gasteiger partial charge is 0.391 e. The maximum atomic E-state index is 11.4. The highest BCUT2D eigenvalue weighted by Gasteiger charge is 2.31. The molecule has 0 bridgehead atoms. The summed E-state index contributed by atoms with van der Waals surface area (Å²) >= 11 is 0. The average molecular weight is 380 g/mol. The van der Waals surface area contributed by atoms with E-state index in [9.17, 15) is 5.11 Å². The van der Waals surface area contributed by atoms with Crippen molar-refractivity contribution in [3.63, 3.8) is 0 Å². The van der Waals surface area contributed by atoms with Crippen LogP contribution in [0.1, 0.15) is 80.5 Å². The molecule has 0 heterocycles. The molecule has 0 aromatic heterocycles. The van der Waals surface area contributed by atoms with Crippen LogP contribution in [-0.2, 0) is 6.42 Å². The topological polar surface area (TPSA) is 23.5 Å². The van der Waals surface area contributed by atoms with Gasteiger partial charge in [-0.15, -0.1) is 0 Å². The van der Waals surface area contributed by atoms with E-state index in [0.717, 1.165) is 26.1 Å². The van der Waals surface area contributed by atoms with Crippen molar-refractivity contribution in [3.05, 3.63) is 70.8 Å². The van der Waals surface area contributed by atoms with Gasteiger partial charge in [-0.1, -0.05) is 88.1 Å². The third-order valence-corrected chi connectivity index (χ3v) is 6.15. The van der Waals surface area contributed by atoms with Crippen LogP contribution in [0.4, 0.5) is 0 Å². The van der Waals surface area contributed by atoms with E-state index < -0.39 is 0 Å². The van der Waals surface area contributed by atoms with Crippen molar-refractivity contribution in [1.29, 1.82) is 0 Å². The molecular weight excluding hydrogens is 342 g/mol. The van der Waals surface area contributed by atoms with Gasteiger partial charge in [0.25, 0.3) is 0 Å². The number of aliphatic hydroxyl groups excluding tert-OH is 1. The lowest BCUT2D eigenvalue weighted by molar-refractivity contribution is 0.0962. The average Bonchev–Trinajstić information content (AvgIpc) is 2.72. The fraction of sp³-hybridized carbons (Fsp3) is 0.538. The van der Waals surface area contributed by atoms with Crippen molar-refractivity contribution in [1.82, 2.24) is 4.90 Å². The molecule has 1 N–H and O–H groups in total. The molecule has 0 amide bonds. The van der Waals surface area contributed by atoms with Crippen LogP contribution >= 0.6 is 0 Å². The molecule has 1 aliphatic carbocycles. The molecule has 0 saturated heterocycles. The third kappa shape index (κ3) is 5.24. The summed E-state index contributed by atoms with van der Waals surface area (Å²) in [4.78, 5) is 2.51. The molecule has 0 fully saturated rings. The van der Waals surface area contributed by atoms with Gasteiger partial charge >= 0.3 is 0 Å². The Hall–Kier alpha value is -1.64. The van der Waals surface area contributed by atoms with E-state index in [1.165, 1.54) is 60.8 Å². The summed E-state index contributed by atoms with van der Waals surface area (Å²) in [7, 11) is 0. The Morgan fingerprint density at radius 1 is 0.821 bits per heavy atom. The van der Waals surface area contributed by atoms with E-state index in [0.29, 0.717) is 0 Å². The van der Waals surface area contributed by atoms with Crippen molar-refractivity contribution in [2.24, 2.45) is 0 Å². The Bertz CT molecular complexity index is 670. The lowest BCUT2D eigenvalue weighted by Crippen LogP contribution is -2.38. The molecule has 3 rings (SSSR count). The zero-order chi connectivity index (χ0) is 19.8. The molecule has 2 aromatic carbocycles. The molecule has 2 nitrogen and oxygen atoms in total. The smallest absolute Gasteiger partial charge is 0.0776 e. The number of benzene rings is 2. The monoisotopic (exact) mass is 379 g/mol. The molecule has 1 aliphatic rings. The first-order valence-corrected chi connectivity index (χ1v) is 11.3. The molecule has 1 atom stereocenters. The fourth-order valence-corrected chi connectivity index (χ4v) is 4.62. The van der Waals surface area contributed by atoms with Crippen molar-refractivity contribution in [2.45, 2.75) is 70.8 Å². The summed E-state index contributed by atoms with van der Waals surface area (Å²) in [5.74, 6) is 0.0843. The fourth-order valence-electron chi connectivity index (χ4n) is 4.62. The summed E-state index contributed by atoms with van der Waals surface area (Å²) in [6, 6.07) is 17.4. The molecule has 152 valence electrons. The molecule has 0 radical (unpaired) electrons. The predicted molar refractivity (Wildman–Crippen MR) is 119 cm³/mol. The van der Waals surface area contributed by atoms with E-state index in [4.69, 9.17) is 0 Å². The van der Waals surface area contributed by atoms with Gasteiger partial charge in [0.05, 0.1) is 6.10 Å². The Labute approximate surface area is 171 Å². The number of fused-ring (bicyclic) bond motifs is 2.